The molecule has 0 aromatic heterocycles. The number of aliphatic hydroxyl groups excluding tert-OH is 1. The topological polar surface area (TPSA) is 32.3 Å². The summed E-state index contributed by atoms with van der Waals surface area (Å²) in [5.74, 6) is 0. The second-order valence-corrected chi connectivity index (χ2v) is 4.23. The van der Waals surface area contributed by atoms with Crippen molar-refractivity contribution in [2.24, 2.45) is 0 Å². The Hall–Kier alpha value is -1.33. The second kappa shape index (κ2) is 6.02. The van der Waals surface area contributed by atoms with Crippen LogP contribution < -0.4 is 5.32 Å². The summed E-state index contributed by atoms with van der Waals surface area (Å²) in [6.07, 6.45) is -5.35. The monoisotopic (exact) mass is 259 g/mol. The number of halogens is 3. The Kier molecular flexibility index (Phi) is 4.93. The highest BCUT2D eigenvalue weighted by Gasteiger charge is 2.30. The first-order valence-corrected chi connectivity index (χ1v) is 5.51. The van der Waals surface area contributed by atoms with Crippen molar-refractivity contribution in [1.29, 1.82) is 0 Å². The largest absolute Gasteiger partial charge is 0.416 e. The molecule has 0 radical (unpaired) electrons. The minimum Gasteiger partial charge on any atom is -0.387 e. The molecule has 0 amide bonds. The molecule has 1 atom stereocenters. The Bertz CT molecular complexity index is 415. The van der Waals surface area contributed by atoms with E-state index in [1.165, 1.54) is 12.1 Å². The van der Waals surface area contributed by atoms with Gasteiger partial charge in [0.25, 0.3) is 0 Å². The van der Waals surface area contributed by atoms with Crippen LogP contribution in [0.25, 0.3) is 0 Å². The van der Waals surface area contributed by atoms with Gasteiger partial charge >= 0.3 is 6.18 Å². The van der Waals surface area contributed by atoms with E-state index in [1.54, 1.807) is 0 Å². The van der Waals surface area contributed by atoms with E-state index >= 15 is 0 Å². The Morgan fingerprint density at radius 3 is 2.67 bits per heavy atom. The van der Waals surface area contributed by atoms with Crippen LogP contribution in [0.1, 0.15) is 24.2 Å². The molecule has 0 heterocycles. The molecular weight excluding hydrogens is 243 g/mol. The van der Waals surface area contributed by atoms with Gasteiger partial charge in [-0.1, -0.05) is 24.3 Å². The summed E-state index contributed by atoms with van der Waals surface area (Å²) >= 11 is 0. The number of nitrogens with one attached hydrogen (secondary N) is 1. The summed E-state index contributed by atoms with van der Waals surface area (Å²) in [4.78, 5) is 0. The molecule has 1 rings (SSSR count). The van der Waals surface area contributed by atoms with Crippen molar-refractivity contribution >= 4 is 0 Å². The first-order valence-electron chi connectivity index (χ1n) is 5.51. The van der Waals surface area contributed by atoms with Crippen LogP contribution in [0, 0.1) is 0 Å². The lowest BCUT2D eigenvalue weighted by Crippen LogP contribution is -2.23. The molecule has 18 heavy (non-hydrogen) atoms. The molecule has 1 aromatic rings. The maximum Gasteiger partial charge on any atom is 0.416 e. The van der Waals surface area contributed by atoms with E-state index in [9.17, 15) is 18.3 Å². The minimum atomic E-state index is -4.39. The Balaban J connectivity index is 2.68. The number of alkyl halides is 3. The Morgan fingerprint density at radius 1 is 1.44 bits per heavy atom. The van der Waals surface area contributed by atoms with E-state index in [2.05, 4.69) is 11.9 Å². The van der Waals surface area contributed by atoms with Gasteiger partial charge in [-0.25, -0.2) is 0 Å². The lowest BCUT2D eigenvalue weighted by atomic mass is 10.1. The SMILES string of the molecule is C=C(C)CNCC(O)c1cccc(C(F)(F)F)c1. The van der Waals surface area contributed by atoms with Gasteiger partial charge in [0.2, 0.25) is 0 Å². The third-order valence-electron chi connectivity index (χ3n) is 2.36. The summed E-state index contributed by atoms with van der Waals surface area (Å²) < 4.78 is 37.4. The van der Waals surface area contributed by atoms with Gasteiger partial charge in [-0.05, 0) is 24.6 Å². The average molecular weight is 259 g/mol. The maximum absolute atomic E-state index is 12.5. The molecule has 5 heteroatoms. The Labute approximate surface area is 104 Å². The van der Waals surface area contributed by atoms with Gasteiger partial charge in [-0.2, -0.15) is 13.2 Å². The van der Waals surface area contributed by atoms with Crippen LogP contribution in [0.15, 0.2) is 36.4 Å². The fraction of sp³-hybridized carbons (Fsp3) is 0.385. The molecule has 0 fully saturated rings. The number of aliphatic hydroxyl groups is 1. The van der Waals surface area contributed by atoms with Crippen LogP contribution in [0.3, 0.4) is 0 Å². The molecule has 2 nitrogen and oxygen atoms in total. The molecule has 100 valence electrons. The standard InChI is InChI=1S/C13H16F3NO/c1-9(2)7-17-8-12(18)10-4-3-5-11(6-10)13(14,15)16/h3-6,12,17-18H,1,7-8H2,2H3. The molecule has 1 unspecified atom stereocenters. The third kappa shape index (κ3) is 4.50. The summed E-state index contributed by atoms with van der Waals surface area (Å²) in [6.45, 7) is 6.21. The van der Waals surface area contributed by atoms with Crippen molar-refractivity contribution in [2.45, 2.75) is 19.2 Å². The molecule has 0 saturated carbocycles. The van der Waals surface area contributed by atoms with E-state index in [0.717, 1.165) is 17.7 Å². The normalized spacial score (nSPS) is 13.4. The molecule has 0 saturated heterocycles. The van der Waals surface area contributed by atoms with Crippen molar-refractivity contribution in [3.63, 3.8) is 0 Å². The van der Waals surface area contributed by atoms with Gasteiger partial charge in [0, 0.05) is 13.1 Å². The van der Waals surface area contributed by atoms with Crippen molar-refractivity contribution in [2.75, 3.05) is 13.1 Å². The van der Waals surface area contributed by atoms with Crippen LogP contribution in [0.5, 0.6) is 0 Å². The van der Waals surface area contributed by atoms with Crippen molar-refractivity contribution < 1.29 is 18.3 Å². The van der Waals surface area contributed by atoms with Crippen LogP contribution in [-0.2, 0) is 6.18 Å². The second-order valence-electron chi connectivity index (χ2n) is 4.23. The first kappa shape index (κ1) is 14.7. The first-order chi connectivity index (χ1) is 8.30. The van der Waals surface area contributed by atoms with Crippen LogP contribution in [0.2, 0.25) is 0 Å². The van der Waals surface area contributed by atoms with Crippen molar-refractivity contribution in [3.05, 3.63) is 47.5 Å². The smallest absolute Gasteiger partial charge is 0.387 e. The molecule has 0 aliphatic rings. The fourth-order valence-electron chi connectivity index (χ4n) is 1.46. The zero-order valence-electron chi connectivity index (χ0n) is 10.1. The lowest BCUT2D eigenvalue weighted by Gasteiger charge is -2.14. The van der Waals surface area contributed by atoms with E-state index in [1.807, 2.05) is 6.92 Å². The fourth-order valence-corrected chi connectivity index (χ4v) is 1.46. The molecule has 0 spiro atoms. The summed E-state index contributed by atoms with van der Waals surface area (Å²) in [5.41, 5.74) is 0.393. The van der Waals surface area contributed by atoms with Crippen LogP contribution in [-0.4, -0.2) is 18.2 Å². The molecule has 0 aliphatic heterocycles. The summed E-state index contributed by atoms with van der Waals surface area (Å²) in [5, 5.41) is 12.7. The van der Waals surface area contributed by atoms with Crippen LogP contribution in [0.4, 0.5) is 13.2 Å². The van der Waals surface area contributed by atoms with E-state index < -0.39 is 17.8 Å². The van der Waals surface area contributed by atoms with Gasteiger partial charge in [0.15, 0.2) is 0 Å². The van der Waals surface area contributed by atoms with E-state index in [0.29, 0.717) is 6.54 Å². The number of rotatable bonds is 5. The highest BCUT2D eigenvalue weighted by molar-refractivity contribution is 5.27. The molecule has 0 bridgehead atoms. The van der Waals surface area contributed by atoms with E-state index in [4.69, 9.17) is 0 Å². The molecule has 1 aromatic carbocycles. The van der Waals surface area contributed by atoms with Crippen molar-refractivity contribution in [3.8, 4) is 0 Å². The molecular formula is C13H16F3NO. The molecule has 2 N–H and O–H groups in total. The highest BCUT2D eigenvalue weighted by Crippen LogP contribution is 2.30. The number of benzene rings is 1. The maximum atomic E-state index is 12.5. The summed E-state index contributed by atoms with van der Waals surface area (Å²) in [7, 11) is 0. The van der Waals surface area contributed by atoms with Gasteiger partial charge < -0.3 is 10.4 Å². The van der Waals surface area contributed by atoms with Crippen molar-refractivity contribution in [1.82, 2.24) is 5.32 Å². The summed E-state index contributed by atoms with van der Waals surface area (Å²) in [6, 6.07) is 4.72. The number of hydrogen-bond acceptors (Lipinski definition) is 2. The Morgan fingerprint density at radius 2 is 2.11 bits per heavy atom. The van der Waals surface area contributed by atoms with Crippen LogP contribution >= 0.6 is 0 Å². The molecule has 0 aliphatic carbocycles. The lowest BCUT2D eigenvalue weighted by molar-refractivity contribution is -0.137. The average Bonchev–Trinajstić information content (AvgIpc) is 2.27. The zero-order chi connectivity index (χ0) is 13.8. The third-order valence-corrected chi connectivity index (χ3v) is 2.36. The predicted octanol–water partition coefficient (Wildman–Crippen LogP) is 2.90. The minimum absolute atomic E-state index is 0.189. The van der Waals surface area contributed by atoms with E-state index in [-0.39, 0.29) is 12.1 Å². The van der Waals surface area contributed by atoms with Gasteiger partial charge in [0.05, 0.1) is 11.7 Å². The quantitative estimate of drug-likeness (QED) is 0.797. The number of hydrogen-bond donors (Lipinski definition) is 2. The predicted molar refractivity (Wildman–Crippen MR) is 64.1 cm³/mol. The van der Waals surface area contributed by atoms with Gasteiger partial charge in [-0.15, -0.1) is 0 Å². The zero-order valence-corrected chi connectivity index (χ0v) is 10.1. The highest BCUT2D eigenvalue weighted by atomic mass is 19.4. The van der Waals surface area contributed by atoms with Gasteiger partial charge in [0.1, 0.15) is 0 Å². The van der Waals surface area contributed by atoms with Gasteiger partial charge in [-0.3, -0.25) is 0 Å².